The maximum Gasteiger partial charge on any atom is 0.237 e. The molecule has 2 N–H and O–H groups in total. The fraction of sp³-hybridized carbons (Fsp3) is 0.350. The summed E-state index contributed by atoms with van der Waals surface area (Å²) >= 11 is 0. The number of benzene rings is 2. The minimum atomic E-state index is -0.0885. The summed E-state index contributed by atoms with van der Waals surface area (Å²) in [5.41, 5.74) is 4.85. The van der Waals surface area contributed by atoms with Crippen molar-refractivity contribution in [2.24, 2.45) is 0 Å². The van der Waals surface area contributed by atoms with Crippen LogP contribution in [0.4, 0.5) is 0 Å². The van der Waals surface area contributed by atoms with Crippen molar-refractivity contribution in [3.8, 4) is 11.1 Å². The number of hydrogen-bond acceptors (Lipinski definition) is 3. The highest BCUT2D eigenvalue weighted by atomic mass is 16.3. The van der Waals surface area contributed by atoms with Gasteiger partial charge in [0.25, 0.3) is 0 Å². The second-order valence-corrected chi connectivity index (χ2v) is 6.77. The lowest BCUT2D eigenvalue weighted by atomic mass is 9.74. The first kappa shape index (κ1) is 15.4. The van der Waals surface area contributed by atoms with Crippen molar-refractivity contribution >= 4 is 5.91 Å². The number of nitrogens with zero attached hydrogens (tertiary/aromatic N) is 1. The van der Waals surface area contributed by atoms with Gasteiger partial charge < -0.3 is 15.3 Å². The molecule has 0 bridgehead atoms. The Kier molecular flexibility index (Phi) is 3.87. The number of aliphatic hydroxyl groups is 1. The number of carbonyl (C=O) groups excluding carboxylic acids is 1. The third-order valence-electron chi connectivity index (χ3n) is 5.30. The first-order valence-electron chi connectivity index (χ1n) is 8.49. The van der Waals surface area contributed by atoms with E-state index in [2.05, 4.69) is 60.8 Å². The SMILES string of the molecule is Cc1cccc(-c2ccc([C@H]3[C@H](CO)N4C(=O)CNC[C@@H]34)cc2)c1. The molecule has 2 heterocycles. The Labute approximate surface area is 142 Å². The fourth-order valence-corrected chi connectivity index (χ4v) is 4.13. The molecule has 2 aromatic carbocycles. The first-order valence-corrected chi connectivity index (χ1v) is 8.49. The van der Waals surface area contributed by atoms with Crippen LogP contribution in [0.1, 0.15) is 17.0 Å². The van der Waals surface area contributed by atoms with Gasteiger partial charge in [0.05, 0.1) is 25.2 Å². The Morgan fingerprint density at radius 2 is 1.96 bits per heavy atom. The average Bonchev–Trinajstić information content (AvgIpc) is 2.57. The minimum absolute atomic E-state index is 0.0204. The number of aryl methyl sites for hydroxylation is 1. The standard InChI is InChI=1S/C20H22N2O2/c1-13-3-2-4-16(9-13)14-5-7-15(8-6-14)20-17-10-21-11-19(24)22(17)18(20)12-23/h2-9,17-18,20-21,23H,10-12H2,1H3/t17-,18-,20+/m0/s1. The predicted molar refractivity (Wildman–Crippen MR) is 93.7 cm³/mol. The number of rotatable bonds is 3. The van der Waals surface area contributed by atoms with Crippen LogP contribution >= 0.6 is 0 Å². The van der Waals surface area contributed by atoms with Gasteiger partial charge in [-0.3, -0.25) is 4.79 Å². The summed E-state index contributed by atoms with van der Waals surface area (Å²) in [5, 5.41) is 12.9. The van der Waals surface area contributed by atoms with Crippen LogP contribution in [0.25, 0.3) is 11.1 Å². The Morgan fingerprint density at radius 1 is 1.17 bits per heavy atom. The van der Waals surface area contributed by atoms with Gasteiger partial charge in [-0.05, 0) is 23.6 Å². The number of piperazine rings is 1. The Bertz CT molecular complexity index is 750. The summed E-state index contributed by atoms with van der Waals surface area (Å²) in [5.74, 6) is 0.302. The van der Waals surface area contributed by atoms with Crippen LogP contribution in [-0.2, 0) is 4.79 Å². The topological polar surface area (TPSA) is 52.6 Å². The molecule has 2 aliphatic heterocycles. The van der Waals surface area contributed by atoms with Crippen molar-refractivity contribution in [1.29, 1.82) is 0 Å². The molecule has 0 saturated carbocycles. The predicted octanol–water partition coefficient (Wildman–Crippen LogP) is 1.92. The zero-order valence-electron chi connectivity index (χ0n) is 13.8. The van der Waals surface area contributed by atoms with Crippen molar-refractivity contribution < 1.29 is 9.90 Å². The van der Waals surface area contributed by atoms with Crippen LogP contribution in [0.5, 0.6) is 0 Å². The summed E-state index contributed by atoms with van der Waals surface area (Å²) in [6.45, 7) is 3.30. The zero-order valence-corrected chi connectivity index (χ0v) is 13.8. The lowest BCUT2D eigenvalue weighted by Crippen LogP contribution is -2.72. The molecule has 2 aliphatic rings. The number of aliphatic hydroxyl groups excluding tert-OH is 1. The average molecular weight is 322 g/mol. The molecule has 3 atom stereocenters. The maximum atomic E-state index is 12.0. The van der Waals surface area contributed by atoms with Gasteiger partial charge in [-0.2, -0.15) is 0 Å². The van der Waals surface area contributed by atoms with Gasteiger partial charge in [0.15, 0.2) is 0 Å². The molecule has 2 fully saturated rings. The number of carbonyl (C=O) groups is 1. The summed E-state index contributed by atoms with van der Waals surface area (Å²) in [6.07, 6.45) is 0. The molecule has 24 heavy (non-hydrogen) atoms. The van der Waals surface area contributed by atoms with Gasteiger partial charge in [0.2, 0.25) is 5.91 Å². The Hall–Kier alpha value is -2.17. The van der Waals surface area contributed by atoms with E-state index in [0.29, 0.717) is 6.54 Å². The quantitative estimate of drug-likeness (QED) is 0.908. The summed E-state index contributed by atoms with van der Waals surface area (Å²) in [4.78, 5) is 13.9. The van der Waals surface area contributed by atoms with Gasteiger partial charge in [-0.25, -0.2) is 0 Å². The molecule has 2 saturated heterocycles. The maximum absolute atomic E-state index is 12.0. The van der Waals surface area contributed by atoms with E-state index in [-0.39, 0.29) is 30.5 Å². The molecule has 0 radical (unpaired) electrons. The highest BCUT2D eigenvalue weighted by molar-refractivity contribution is 5.81. The largest absolute Gasteiger partial charge is 0.394 e. The second-order valence-electron chi connectivity index (χ2n) is 6.77. The summed E-state index contributed by atoms with van der Waals surface area (Å²) in [7, 11) is 0. The van der Waals surface area contributed by atoms with Gasteiger partial charge in [0.1, 0.15) is 0 Å². The second kappa shape index (κ2) is 6.04. The van der Waals surface area contributed by atoms with E-state index in [0.717, 1.165) is 6.54 Å². The van der Waals surface area contributed by atoms with Crippen molar-refractivity contribution in [3.63, 3.8) is 0 Å². The van der Waals surface area contributed by atoms with Crippen LogP contribution in [0.3, 0.4) is 0 Å². The molecular formula is C20H22N2O2. The molecule has 0 aromatic heterocycles. The highest BCUT2D eigenvalue weighted by Gasteiger charge is 2.52. The Morgan fingerprint density at radius 3 is 2.67 bits per heavy atom. The molecule has 0 spiro atoms. The van der Waals surface area contributed by atoms with E-state index >= 15 is 0 Å². The van der Waals surface area contributed by atoms with Crippen molar-refractivity contribution in [2.75, 3.05) is 19.7 Å². The molecule has 4 rings (SSSR count). The Balaban J connectivity index is 1.60. The summed E-state index contributed by atoms with van der Waals surface area (Å²) < 4.78 is 0. The minimum Gasteiger partial charge on any atom is -0.394 e. The van der Waals surface area contributed by atoms with Gasteiger partial charge in [-0.15, -0.1) is 0 Å². The number of hydrogen-bond donors (Lipinski definition) is 2. The number of amides is 1. The smallest absolute Gasteiger partial charge is 0.237 e. The molecule has 124 valence electrons. The van der Waals surface area contributed by atoms with E-state index in [4.69, 9.17) is 0 Å². The normalized spacial score (nSPS) is 26.0. The van der Waals surface area contributed by atoms with Crippen molar-refractivity contribution in [2.45, 2.75) is 24.9 Å². The molecule has 2 aromatic rings. The van der Waals surface area contributed by atoms with Crippen molar-refractivity contribution in [1.82, 2.24) is 10.2 Å². The third kappa shape index (κ3) is 2.43. The third-order valence-corrected chi connectivity index (χ3v) is 5.30. The molecular weight excluding hydrogens is 300 g/mol. The lowest BCUT2D eigenvalue weighted by molar-refractivity contribution is -0.153. The van der Waals surface area contributed by atoms with Crippen LogP contribution in [0, 0.1) is 6.92 Å². The van der Waals surface area contributed by atoms with Crippen LogP contribution in [0.2, 0.25) is 0 Å². The molecule has 1 amide bonds. The van der Waals surface area contributed by atoms with E-state index < -0.39 is 0 Å². The number of nitrogens with one attached hydrogen (secondary N) is 1. The van der Waals surface area contributed by atoms with Gasteiger partial charge >= 0.3 is 0 Å². The van der Waals surface area contributed by atoms with Crippen molar-refractivity contribution in [3.05, 3.63) is 59.7 Å². The van der Waals surface area contributed by atoms with E-state index in [9.17, 15) is 9.90 Å². The van der Waals surface area contributed by atoms with Crippen LogP contribution in [-0.4, -0.2) is 47.7 Å². The fourth-order valence-electron chi connectivity index (χ4n) is 4.13. The van der Waals surface area contributed by atoms with Crippen LogP contribution < -0.4 is 5.32 Å². The number of fused-ring (bicyclic) bond motifs is 1. The highest BCUT2D eigenvalue weighted by Crippen LogP contribution is 2.41. The lowest BCUT2D eigenvalue weighted by Gasteiger charge is -2.57. The molecule has 0 unspecified atom stereocenters. The summed E-state index contributed by atoms with van der Waals surface area (Å²) in [6, 6.07) is 17.1. The first-order chi connectivity index (χ1) is 11.7. The monoisotopic (exact) mass is 322 g/mol. The van der Waals surface area contributed by atoms with Crippen LogP contribution in [0.15, 0.2) is 48.5 Å². The van der Waals surface area contributed by atoms with E-state index in [1.54, 1.807) is 0 Å². The van der Waals surface area contributed by atoms with E-state index in [1.165, 1.54) is 22.3 Å². The molecule has 4 nitrogen and oxygen atoms in total. The zero-order chi connectivity index (χ0) is 16.7. The molecule has 4 heteroatoms. The van der Waals surface area contributed by atoms with Gasteiger partial charge in [-0.1, -0.05) is 54.1 Å². The van der Waals surface area contributed by atoms with E-state index in [1.807, 2.05) is 4.90 Å². The van der Waals surface area contributed by atoms with Gasteiger partial charge in [0, 0.05) is 12.5 Å². The molecule has 0 aliphatic carbocycles.